The van der Waals surface area contributed by atoms with Crippen molar-refractivity contribution in [3.63, 3.8) is 0 Å². The highest BCUT2D eigenvalue weighted by Gasteiger charge is 2.21. The van der Waals surface area contributed by atoms with Gasteiger partial charge in [0.15, 0.2) is 0 Å². The molecule has 5 nitrogen and oxygen atoms in total. The molecule has 2 aromatic carbocycles. The average molecular weight is 316 g/mol. The van der Waals surface area contributed by atoms with Crippen LogP contribution in [0.5, 0.6) is 0 Å². The van der Waals surface area contributed by atoms with E-state index in [4.69, 9.17) is 16.0 Å². The van der Waals surface area contributed by atoms with Crippen LogP contribution in [0, 0.1) is 17.0 Å². The Hall–Kier alpha value is -2.66. The maximum Gasteiger partial charge on any atom is 0.344 e. The fourth-order valence-electron chi connectivity index (χ4n) is 2.28. The van der Waals surface area contributed by atoms with Gasteiger partial charge in [-0.1, -0.05) is 29.8 Å². The zero-order valence-electron chi connectivity index (χ0n) is 11.5. The molecule has 0 amide bonds. The zero-order chi connectivity index (χ0) is 15.9. The first-order valence-corrected chi connectivity index (χ1v) is 6.83. The molecule has 0 saturated carbocycles. The van der Waals surface area contributed by atoms with Gasteiger partial charge < -0.3 is 4.42 Å². The Kier molecular flexibility index (Phi) is 3.42. The fourth-order valence-corrected chi connectivity index (χ4v) is 2.45. The summed E-state index contributed by atoms with van der Waals surface area (Å²) in [5.74, 6) is 0. The van der Waals surface area contributed by atoms with Crippen molar-refractivity contribution in [1.29, 1.82) is 0 Å². The Labute approximate surface area is 129 Å². The summed E-state index contributed by atoms with van der Waals surface area (Å²) in [5, 5.41) is 12.3. The molecule has 1 aromatic heterocycles. The van der Waals surface area contributed by atoms with Crippen molar-refractivity contribution in [2.24, 2.45) is 0 Å². The first kappa shape index (κ1) is 14.3. The fraction of sp³-hybridized carbons (Fsp3) is 0.0625. The Morgan fingerprint density at radius 3 is 2.59 bits per heavy atom. The Morgan fingerprint density at radius 1 is 1.14 bits per heavy atom. The van der Waals surface area contributed by atoms with Gasteiger partial charge in [0.25, 0.3) is 5.69 Å². The summed E-state index contributed by atoms with van der Waals surface area (Å²) in [6.45, 7) is 1.67. The first-order chi connectivity index (χ1) is 10.5. The van der Waals surface area contributed by atoms with Crippen LogP contribution in [0.4, 0.5) is 5.69 Å². The van der Waals surface area contributed by atoms with Crippen molar-refractivity contribution in [2.75, 3.05) is 0 Å². The highest BCUT2D eigenvalue weighted by atomic mass is 35.5. The molecule has 0 unspecified atom stereocenters. The zero-order valence-corrected chi connectivity index (χ0v) is 12.3. The molecule has 0 atom stereocenters. The molecule has 0 N–H and O–H groups in total. The second-order valence-corrected chi connectivity index (χ2v) is 5.27. The van der Waals surface area contributed by atoms with Crippen LogP contribution in [0.15, 0.2) is 51.7 Å². The molecule has 110 valence electrons. The molecule has 0 saturated heterocycles. The largest absolute Gasteiger partial charge is 0.422 e. The lowest BCUT2D eigenvalue weighted by molar-refractivity contribution is -0.384. The van der Waals surface area contributed by atoms with E-state index in [1.54, 1.807) is 37.3 Å². The summed E-state index contributed by atoms with van der Waals surface area (Å²) < 4.78 is 5.23. The molecule has 22 heavy (non-hydrogen) atoms. The Morgan fingerprint density at radius 2 is 1.86 bits per heavy atom. The lowest BCUT2D eigenvalue weighted by Gasteiger charge is -2.06. The molecular weight excluding hydrogens is 306 g/mol. The van der Waals surface area contributed by atoms with Crippen LogP contribution in [0.2, 0.25) is 5.02 Å². The lowest BCUT2D eigenvalue weighted by Crippen LogP contribution is -2.05. The second-order valence-electron chi connectivity index (χ2n) is 4.86. The van der Waals surface area contributed by atoms with Crippen molar-refractivity contribution in [2.45, 2.75) is 6.92 Å². The van der Waals surface area contributed by atoms with Gasteiger partial charge in [-0.25, -0.2) is 4.79 Å². The molecule has 6 heteroatoms. The second kappa shape index (κ2) is 5.27. The van der Waals surface area contributed by atoms with Crippen molar-refractivity contribution in [3.8, 4) is 11.1 Å². The lowest BCUT2D eigenvalue weighted by atomic mass is 10.0. The maximum atomic E-state index is 12.2. The normalized spacial score (nSPS) is 10.8. The first-order valence-electron chi connectivity index (χ1n) is 6.45. The minimum Gasteiger partial charge on any atom is -0.422 e. The smallest absolute Gasteiger partial charge is 0.344 e. The molecule has 0 aliphatic carbocycles. The third kappa shape index (κ3) is 2.35. The topological polar surface area (TPSA) is 73.3 Å². The summed E-state index contributed by atoms with van der Waals surface area (Å²) in [6, 6.07) is 11.3. The van der Waals surface area contributed by atoms with Crippen LogP contribution in [0.1, 0.15) is 5.56 Å². The number of hydrogen-bond donors (Lipinski definition) is 0. The monoisotopic (exact) mass is 315 g/mol. The molecule has 0 radical (unpaired) electrons. The van der Waals surface area contributed by atoms with Gasteiger partial charge in [-0.3, -0.25) is 10.1 Å². The van der Waals surface area contributed by atoms with Gasteiger partial charge in [-0.15, -0.1) is 0 Å². The number of fused-ring (bicyclic) bond motifs is 1. The molecule has 0 aliphatic rings. The van der Waals surface area contributed by atoms with E-state index < -0.39 is 10.5 Å². The van der Waals surface area contributed by atoms with Crippen molar-refractivity contribution >= 4 is 28.3 Å². The molecule has 3 rings (SSSR count). The van der Waals surface area contributed by atoms with Crippen LogP contribution in [-0.2, 0) is 0 Å². The van der Waals surface area contributed by atoms with E-state index >= 15 is 0 Å². The van der Waals surface area contributed by atoms with Crippen LogP contribution >= 0.6 is 11.6 Å². The van der Waals surface area contributed by atoms with Gasteiger partial charge in [0, 0.05) is 16.5 Å². The van der Waals surface area contributed by atoms with E-state index in [1.165, 1.54) is 12.1 Å². The summed E-state index contributed by atoms with van der Waals surface area (Å²) in [6.07, 6.45) is 0. The third-order valence-electron chi connectivity index (χ3n) is 3.41. The van der Waals surface area contributed by atoms with Gasteiger partial charge in [-0.05, 0) is 30.7 Å². The highest BCUT2D eigenvalue weighted by molar-refractivity contribution is 6.31. The minimum atomic E-state index is -0.637. The number of aryl methyl sites for hydroxylation is 1. The SMILES string of the molecule is Cc1cc([N+](=O)[O-])c(-c2cc3ccccc3oc2=O)cc1Cl. The molecule has 0 spiro atoms. The summed E-state index contributed by atoms with van der Waals surface area (Å²) >= 11 is 6.06. The maximum absolute atomic E-state index is 12.2. The quantitative estimate of drug-likeness (QED) is 0.401. The van der Waals surface area contributed by atoms with Crippen LogP contribution in [0.3, 0.4) is 0 Å². The van der Waals surface area contributed by atoms with Crippen molar-refractivity contribution < 1.29 is 9.34 Å². The van der Waals surface area contributed by atoms with Crippen molar-refractivity contribution in [3.05, 3.63) is 73.6 Å². The van der Waals surface area contributed by atoms with Crippen molar-refractivity contribution in [1.82, 2.24) is 0 Å². The van der Waals surface area contributed by atoms with Gasteiger partial charge in [0.1, 0.15) is 5.58 Å². The third-order valence-corrected chi connectivity index (χ3v) is 3.81. The summed E-state index contributed by atoms with van der Waals surface area (Å²) in [4.78, 5) is 22.9. The van der Waals surface area contributed by atoms with Crippen LogP contribution in [0.25, 0.3) is 22.1 Å². The Bertz CT molecular complexity index is 962. The molecule has 0 fully saturated rings. The number of hydrogen-bond acceptors (Lipinski definition) is 4. The van der Waals surface area contributed by atoms with Gasteiger partial charge in [0.2, 0.25) is 0 Å². The number of nitrogens with zero attached hydrogens (tertiary/aromatic N) is 1. The highest BCUT2D eigenvalue weighted by Crippen LogP contribution is 2.34. The number of benzene rings is 2. The standard InChI is InChI=1S/C16H10ClNO4/c1-9-6-14(18(20)21)11(8-13(9)17)12-7-10-4-2-3-5-15(10)22-16(12)19/h2-8H,1H3. The molecule has 1 heterocycles. The van der Waals surface area contributed by atoms with Gasteiger partial charge in [0.05, 0.1) is 16.1 Å². The average Bonchev–Trinajstić information content (AvgIpc) is 2.48. The number of nitro benzene ring substituents is 1. The van der Waals surface area contributed by atoms with E-state index in [0.717, 1.165) is 0 Å². The van der Waals surface area contributed by atoms with E-state index in [2.05, 4.69) is 0 Å². The predicted molar refractivity (Wildman–Crippen MR) is 84.3 cm³/mol. The number of para-hydroxylation sites is 1. The summed E-state index contributed by atoms with van der Waals surface area (Å²) in [5.41, 5.74) is 0.456. The number of rotatable bonds is 2. The van der Waals surface area contributed by atoms with Crippen LogP contribution < -0.4 is 5.63 Å². The van der Waals surface area contributed by atoms with E-state index in [9.17, 15) is 14.9 Å². The van der Waals surface area contributed by atoms with E-state index in [-0.39, 0.29) is 16.8 Å². The number of halogens is 1. The van der Waals surface area contributed by atoms with Crippen LogP contribution in [-0.4, -0.2) is 4.92 Å². The number of nitro groups is 1. The Balaban J connectivity index is 2.36. The predicted octanol–water partition coefficient (Wildman–Crippen LogP) is 4.33. The van der Waals surface area contributed by atoms with Gasteiger partial charge in [-0.2, -0.15) is 0 Å². The molecule has 0 bridgehead atoms. The van der Waals surface area contributed by atoms with Gasteiger partial charge >= 0.3 is 5.63 Å². The molecule has 3 aromatic rings. The molecular formula is C16H10ClNO4. The van der Waals surface area contributed by atoms with E-state index in [1.807, 2.05) is 0 Å². The summed E-state index contributed by atoms with van der Waals surface area (Å²) in [7, 11) is 0. The van der Waals surface area contributed by atoms with E-state index in [0.29, 0.717) is 21.6 Å². The molecule has 0 aliphatic heterocycles. The minimum absolute atomic E-state index is 0.118.